The summed E-state index contributed by atoms with van der Waals surface area (Å²) >= 11 is 12.7. The van der Waals surface area contributed by atoms with Crippen molar-refractivity contribution in [2.24, 2.45) is 0 Å². The molecule has 0 bridgehead atoms. The van der Waals surface area contributed by atoms with Crippen LogP contribution >= 0.6 is 23.2 Å². The number of benzene rings is 1. The van der Waals surface area contributed by atoms with E-state index in [1.165, 1.54) is 18.2 Å². The number of nitriles is 1. The van der Waals surface area contributed by atoms with Gasteiger partial charge in [0.15, 0.2) is 12.5 Å². The standard InChI is InChI=1S/C22H20Cl2N6O6/c1-4-5-18(31)35-10-29-21(33)13(11(2)3)8-17(28-29)36-19-14(23)6-12(7-15(19)24)30-22(34)26-20(32)16(9-25)27-30/h6-8,11H,4-5,10H2,1-3H3,(H,26,32,34). The number of carbonyl (C=O) groups is 1. The number of nitrogens with one attached hydrogen (secondary N) is 1. The van der Waals surface area contributed by atoms with Crippen molar-refractivity contribution >= 4 is 29.2 Å². The van der Waals surface area contributed by atoms with Crippen molar-refractivity contribution in [2.75, 3.05) is 0 Å². The van der Waals surface area contributed by atoms with Crippen LogP contribution in [0.3, 0.4) is 0 Å². The molecule has 0 atom stereocenters. The molecule has 0 amide bonds. The molecule has 1 aromatic carbocycles. The molecule has 2 aromatic heterocycles. The number of carbonyl (C=O) groups excluding carboxylic acids is 1. The van der Waals surface area contributed by atoms with Gasteiger partial charge >= 0.3 is 11.7 Å². The number of hydrogen-bond acceptors (Lipinski definition) is 9. The molecule has 3 rings (SSSR count). The van der Waals surface area contributed by atoms with Crippen molar-refractivity contribution < 1.29 is 14.3 Å². The highest BCUT2D eigenvalue weighted by Gasteiger charge is 2.18. The maximum Gasteiger partial charge on any atom is 0.349 e. The third-order valence-corrected chi connectivity index (χ3v) is 5.33. The number of hydrogen-bond donors (Lipinski definition) is 1. The largest absolute Gasteiger partial charge is 0.442 e. The first-order chi connectivity index (χ1) is 17.0. The van der Waals surface area contributed by atoms with E-state index >= 15 is 0 Å². The predicted octanol–water partition coefficient (Wildman–Crippen LogP) is 2.87. The van der Waals surface area contributed by atoms with Crippen molar-refractivity contribution in [3.63, 3.8) is 0 Å². The first kappa shape index (κ1) is 26.7. The molecule has 14 heteroatoms. The normalized spacial score (nSPS) is 10.8. The summed E-state index contributed by atoms with van der Waals surface area (Å²) in [4.78, 5) is 50.2. The molecule has 0 aliphatic rings. The summed E-state index contributed by atoms with van der Waals surface area (Å²) in [7, 11) is 0. The van der Waals surface area contributed by atoms with Crippen molar-refractivity contribution in [1.29, 1.82) is 5.26 Å². The Morgan fingerprint density at radius 1 is 1.17 bits per heavy atom. The number of esters is 1. The van der Waals surface area contributed by atoms with Gasteiger partial charge in [-0.1, -0.05) is 44.0 Å². The van der Waals surface area contributed by atoms with Gasteiger partial charge in [-0.15, -0.1) is 10.2 Å². The average molecular weight is 535 g/mol. The molecule has 0 unspecified atom stereocenters. The number of rotatable bonds is 8. The van der Waals surface area contributed by atoms with Gasteiger partial charge in [-0.25, -0.2) is 4.79 Å². The Morgan fingerprint density at radius 3 is 2.42 bits per heavy atom. The molecule has 36 heavy (non-hydrogen) atoms. The fourth-order valence-corrected chi connectivity index (χ4v) is 3.57. The lowest BCUT2D eigenvalue weighted by atomic mass is 10.1. The van der Waals surface area contributed by atoms with E-state index in [-0.39, 0.29) is 39.7 Å². The number of aromatic amines is 1. The van der Waals surface area contributed by atoms with E-state index in [4.69, 9.17) is 37.9 Å². The van der Waals surface area contributed by atoms with Crippen LogP contribution in [0.25, 0.3) is 5.69 Å². The van der Waals surface area contributed by atoms with Crippen LogP contribution in [-0.2, 0) is 16.3 Å². The lowest BCUT2D eigenvalue weighted by Gasteiger charge is -2.15. The van der Waals surface area contributed by atoms with Crippen LogP contribution in [0.15, 0.2) is 32.6 Å². The molecule has 2 heterocycles. The van der Waals surface area contributed by atoms with E-state index in [0.29, 0.717) is 12.0 Å². The Morgan fingerprint density at radius 2 is 1.83 bits per heavy atom. The topological polar surface area (TPSA) is 162 Å². The van der Waals surface area contributed by atoms with Gasteiger partial charge < -0.3 is 9.47 Å². The minimum Gasteiger partial charge on any atom is -0.442 e. The summed E-state index contributed by atoms with van der Waals surface area (Å²) in [6, 6.07) is 5.56. The second-order valence-corrected chi connectivity index (χ2v) is 8.58. The van der Waals surface area contributed by atoms with Gasteiger partial charge in [0.1, 0.15) is 6.07 Å². The summed E-state index contributed by atoms with van der Waals surface area (Å²) in [5.74, 6) is -0.778. The monoisotopic (exact) mass is 534 g/mol. The highest BCUT2D eigenvalue weighted by Crippen LogP contribution is 2.37. The molecule has 1 N–H and O–H groups in total. The molecule has 0 fully saturated rings. The average Bonchev–Trinajstić information content (AvgIpc) is 2.81. The summed E-state index contributed by atoms with van der Waals surface area (Å²) in [6.45, 7) is 5.01. The first-order valence-electron chi connectivity index (χ1n) is 10.6. The number of halogens is 2. The first-order valence-corrected chi connectivity index (χ1v) is 11.4. The Kier molecular flexibility index (Phi) is 8.29. The molecule has 188 valence electrons. The zero-order chi connectivity index (χ0) is 26.6. The molecule has 0 spiro atoms. The Hall–Kier alpha value is -3.95. The van der Waals surface area contributed by atoms with E-state index in [2.05, 4.69) is 10.2 Å². The molecule has 0 aliphatic carbocycles. The van der Waals surface area contributed by atoms with Crippen LogP contribution in [-0.4, -0.2) is 30.5 Å². The molecular weight excluding hydrogens is 515 g/mol. The van der Waals surface area contributed by atoms with Crippen molar-refractivity contribution in [2.45, 2.75) is 46.3 Å². The highest BCUT2D eigenvalue weighted by atomic mass is 35.5. The predicted molar refractivity (Wildman–Crippen MR) is 129 cm³/mol. The van der Waals surface area contributed by atoms with Crippen molar-refractivity contribution in [3.05, 3.63) is 70.7 Å². The number of ether oxygens (including phenoxy) is 2. The second-order valence-electron chi connectivity index (χ2n) is 7.76. The third-order valence-electron chi connectivity index (χ3n) is 4.77. The molecule has 0 aliphatic heterocycles. The van der Waals surface area contributed by atoms with E-state index in [0.717, 1.165) is 9.36 Å². The van der Waals surface area contributed by atoms with Crippen LogP contribution in [0.4, 0.5) is 0 Å². The van der Waals surface area contributed by atoms with Gasteiger partial charge in [0.25, 0.3) is 11.1 Å². The maximum absolute atomic E-state index is 12.7. The van der Waals surface area contributed by atoms with E-state index in [1.54, 1.807) is 19.9 Å². The molecule has 0 saturated heterocycles. The number of aromatic nitrogens is 5. The Labute approximate surface area is 213 Å². The van der Waals surface area contributed by atoms with Crippen molar-refractivity contribution in [1.82, 2.24) is 24.5 Å². The zero-order valence-corrected chi connectivity index (χ0v) is 20.9. The lowest BCUT2D eigenvalue weighted by Crippen LogP contribution is -2.33. The molecular formula is C22H20Cl2N6O6. The quantitative estimate of drug-likeness (QED) is 0.428. The van der Waals surface area contributed by atoms with E-state index in [1.807, 2.05) is 11.9 Å². The van der Waals surface area contributed by atoms with Crippen LogP contribution in [0.1, 0.15) is 50.8 Å². The molecule has 0 radical (unpaired) electrons. The van der Waals surface area contributed by atoms with Gasteiger partial charge in [0.2, 0.25) is 11.6 Å². The second kappa shape index (κ2) is 11.2. The zero-order valence-electron chi connectivity index (χ0n) is 19.4. The van der Waals surface area contributed by atoms with Crippen LogP contribution < -0.4 is 21.5 Å². The van der Waals surface area contributed by atoms with E-state index in [9.17, 15) is 19.2 Å². The number of nitrogens with zero attached hydrogens (tertiary/aromatic N) is 5. The molecule has 12 nitrogen and oxygen atoms in total. The lowest BCUT2D eigenvalue weighted by molar-refractivity contribution is -0.148. The highest BCUT2D eigenvalue weighted by molar-refractivity contribution is 6.37. The summed E-state index contributed by atoms with van der Waals surface area (Å²) in [5.41, 5.74) is -2.42. The summed E-state index contributed by atoms with van der Waals surface area (Å²) < 4.78 is 12.6. The summed E-state index contributed by atoms with van der Waals surface area (Å²) in [5, 5.41) is 16.7. The van der Waals surface area contributed by atoms with E-state index < -0.39 is 35.2 Å². The Bertz CT molecular complexity index is 1510. The van der Waals surface area contributed by atoms with Gasteiger partial charge in [-0.2, -0.15) is 14.6 Å². The van der Waals surface area contributed by atoms with Gasteiger partial charge in [-0.05, 0) is 24.5 Å². The fraction of sp³-hybridized carbons (Fsp3) is 0.318. The molecule has 0 saturated carbocycles. The smallest absolute Gasteiger partial charge is 0.349 e. The third kappa shape index (κ3) is 5.81. The van der Waals surface area contributed by atoms with Gasteiger partial charge in [0, 0.05) is 18.1 Å². The summed E-state index contributed by atoms with van der Waals surface area (Å²) in [6.07, 6.45) is 0.787. The minimum atomic E-state index is -0.932. The fourth-order valence-electron chi connectivity index (χ4n) is 3.02. The Balaban J connectivity index is 2.01. The molecule has 3 aromatic rings. The minimum absolute atomic E-state index is 0.0459. The van der Waals surface area contributed by atoms with Crippen LogP contribution in [0.2, 0.25) is 10.0 Å². The van der Waals surface area contributed by atoms with Crippen LogP contribution in [0.5, 0.6) is 11.6 Å². The van der Waals surface area contributed by atoms with Crippen LogP contribution in [0, 0.1) is 11.3 Å². The van der Waals surface area contributed by atoms with Gasteiger partial charge in [0.05, 0.1) is 15.7 Å². The SMILES string of the molecule is CCCC(=O)OCn1nc(Oc2c(Cl)cc(-n3nc(C#N)c(=O)[nH]c3=O)cc2Cl)cc(C(C)C)c1=O. The number of H-pyrrole nitrogens is 1. The van der Waals surface area contributed by atoms with Crippen molar-refractivity contribution in [3.8, 4) is 23.4 Å². The van der Waals surface area contributed by atoms with Gasteiger partial charge in [-0.3, -0.25) is 19.4 Å². The maximum atomic E-state index is 12.7.